The molecule has 10 heteroatoms. The minimum Gasteiger partial charge on any atom is -0.354 e. The summed E-state index contributed by atoms with van der Waals surface area (Å²) in [5, 5.41) is 2.97. The van der Waals surface area contributed by atoms with Crippen LogP contribution in [0.15, 0.2) is 119 Å². The Labute approximate surface area is 266 Å². The highest BCUT2D eigenvalue weighted by Crippen LogP contribution is 2.25. The summed E-state index contributed by atoms with van der Waals surface area (Å²) in [6.45, 7) is 3.87. The van der Waals surface area contributed by atoms with Crippen molar-refractivity contribution in [3.8, 4) is 0 Å². The average molecular weight is 681 g/mol. The van der Waals surface area contributed by atoms with Gasteiger partial charge >= 0.3 is 0 Å². The molecule has 0 aliphatic carbocycles. The molecule has 7 nitrogen and oxygen atoms in total. The van der Waals surface area contributed by atoms with Gasteiger partial charge in [-0.3, -0.25) is 13.9 Å². The zero-order valence-electron chi connectivity index (χ0n) is 24.6. The van der Waals surface area contributed by atoms with Crippen molar-refractivity contribution < 1.29 is 22.4 Å². The maximum Gasteiger partial charge on any atom is 0.264 e. The Kier molecular flexibility index (Phi) is 11.3. The molecule has 4 rings (SSSR count). The minimum absolute atomic E-state index is 0.0674. The van der Waals surface area contributed by atoms with E-state index >= 15 is 0 Å². The Bertz CT molecular complexity index is 1640. The van der Waals surface area contributed by atoms with Gasteiger partial charge in [0.25, 0.3) is 10.0 Å². The van der Waals surface area contributed by atoms with E-state index in [1.807, 2.05) is 68.4 Å². The third-order valence-electron chi connectivity index (χ3n) is 6.95. The summed E-state index contributed by atoms with van der Waals surface area (Å²) >= 11 is 3.44. The molecule has 2 amide bonds. The first kappa shape index (κ1) is 32.9. The fourth-order valence-corrected chi connectivity index (χ4v) is 6.30. The van der Waals surface area contributed by atoms with E-state index in [-0.39, 0.29) is 35.4 Å². The molecule has 0 bridgehead atoms. The van der Waals surface area contributed by atoms with Crippen LogP contribution in [0.3, 0.4) is 0 Å². The molecule has 0 heterocycles. The van der Waals surface area contributed by atoms with Crippen LogP contribution >= 0.6 is 15.9 Å². The molecule has 44 heavy (non-hydrogen) atoms. The van der Waals surface area contributed by atoms with E-state index in [1.54, 1.807) is 30.3 Å². The van der Waals surface area contributed by atoms with Crippen LogP contribution in [0.4, 0.5) is 10.1 Å². The molecule has 0 aromatic heterocycles. The molecule has 1 N–H and O–H groups in total. The van der Waals surface area contributed by atoms with Gasteiger partial charge < -0.3 is 10.2 Å². The number of nitrogens with one attached hydrogen (secondary N) is 1. The van der Waals surface area contributed by atoms with Crippen molar-refractivity contribution in [1.29, 1.82) is 0 Å². The Morgan fingerprint density at radius 1 is 0.818 bits per heavy atom. The normalized spacial score (nSPS) is 12.0. The zero-order chi connectivity index (χ0) is 31.7. The number of halogens is 2. The van der Waals surface area contributed by atoms with E-state index in [0.717, 1.165) is 32.0 Å². The van der Waals surface area contributed by atoms with Crippen LogP contribution < -0.4 is 9.62 Å². The molecule has 0 saturated heterocycles. The van der Waals surface area contributed by atoms with E-state index in [0.29, 0.717) is 6.54 Å². The quantitative estimate of drug-likeness (QED) is 0.182. The number of anilines is 1. The third kappa shape index (κ3) is 8.76. The lowest BCUT2D eigenvalue weighted by atomic mass is 10.0. The Morgan fingerprint density at radius 3 is 2.00 bits per heavy atom. The lowest BCUT2D eigenvalue weighted by Gasteiger charge is -2.34. The number of hydrogen-bond donors (Lipinski definition) is 1. The number of carbonyl (C=O) groups excluding carboxylic acids is 2. The topological polar surface area (TPSA) is 86.8 Å². The molecule has 0 unspecified atom stereocenters. The van der Waals surface area contributed by atoms with Gasteiger partial charge in [-0.1, -0.05) is 90.4 Å². The van der Waals surface area contributed by atoms with Gasteiger partial charge in [-0.2, -0.15) is 0 Å². The lowest BCUT2D eigenvalue weighted by Crippen LogP contribution is -2.53. The van der Waals surface area contributed by atoms with Crippen molar-refractivity contribution in [2.45, 2.75) is 37.8 Å². The van der Waals surface area contributed by atoms with E-state index in [1.165, 1.54) is 17.0 Å². The van der Waals surface area contributed by atoms with Crippen LogP contribution in [0.1, 0.15) is 25.0 Å². The highest BCUT2D eigenvalue weighted by atomic mass is 79.9. The van der Waals surface area contributed by atoms with E-state index in [2.05, 4.69) is 21.2 Å². The molecule has 1 atom stereocenters. The monoisotopic (exact) mass is 679 g/mol. The molecular weight excluding hydrogens is 645 g/mol. The predicted molar refractivity (Wildman–Crippen MR) is 174 cm³/mol. The maximum atomic E-state index is 14.4. The van der Waals surface area contributed by atoms with Crippen LogP contribution in [-0.4, -0.2) is 44.3 Å². The number of para-hydroxylation sites is 1. The fraction of sp³-hybridized carbons (Fsp3) is 0.235. The maximum absolute atomic E-state index is 14.4. The van der Waals surface area contributed by atoms with Crippen molar-refractivity contribution in [3.05, 3.63) is 131 Å². The first-order valence-electron chi connectivity index (χ1n) is 14.2. The number of benzene rings is 4. The highest BCUT2D eigenvalue weighted by Gasteiger charge is 2.34. The largest absolute Gasteiger partial charge is 0.354 e. The standard InChI is InChI=1S/C34H35BrFN3O4S/c1-25(2)22-37-34(41)32(21-26-9-5-3-6-10-26)38(23-27-13-15-28(35)16-14-27)33(40)24-39(30-11-7-4-8-12-30)44(42,43)31-19-17-29(36)18-20-31/h3-20,25,32H,21-24H2,1-2H3,(H,37,41)/t32-/m0/s1. The van der Waals surface area contributed by atoms with E-state index < -0.39 is 34.3 Å². The summed E-state index contributed by atoms with van der Waals surface area (Å²) < 4.78 is 43.4. The predicted octanol–water partition coefficient (Wildman–Crippen LogP) is 6.20. The second kappa shape index (κ2) is 15.1. The number of carbonyl (C=O) groups is 2. The van der Waals surface area contributed by atoms with Gasteiger partial charge in [0.15, 0.2) is 0 Å². The van der Waals surface area contributed by atoms with Crippen molar-refractivity contribution in [1.82, 2.24) is 10.2 Å². The first-order chi connectivity index (χ1) is 21.0. The van der Waals surface area contributed by atoms with Crippen molar-refractivity contribution in [3.63, 3.8) is 0 Å². The summed E-state index contributed by atoms with van der Waals surface area (Å²) in [6, 6.07) is 28.6. The Morgan fingerprint density at radius 2 is 1.41 bits per heavy atom. The molecule has 0 radical (unpaired) electrons. The molecule has 4 aromatic rings. The lowest BCUT2D eigenvalue weighted by molar-refractivity contribution is -0.140. The summed E-state index contributed by atoms with van der Waals surface area (Å²) in [5.41, 5.74) is 1.88. The van der Waals surface area contributed by atoms with Gasteiger partial charge in [-0.15, -0.1) is 0 Å². The summed E-state index contributed by atoms with van der Waals surface area (Å²) in [4.78, 5) is 29.4. The molecule has 4 aromatic carbocycles. The SMILES string of the molecule is CC(C)CNC(=O)[C@H](Cc1ccccc1)N(Cc1ccc(Br)cc1)C(=O)CN(c1ccccc1)S(=O)(=O)c1ccc(F)cc1. The second-order valence-corrected chi connectivity index (χ2v) is 13.6. The van der Waals surface area contributed by atoms with E-state index in [9.17, 15) is 22.4 Å². The van der Waals surface area contributed by atoms with E-state index in [4.69, 9.17) is 0 Å². The van der Waals surface area contributed by atoms with Crippen LogP contribution in [0.2, 0.25) is 0 Å². The van der Waals surface area contributed by atoms with Gasteiger partial charge in [0, 0.05) is 24.0 Å². The average Bonchev–Trinajstić information content (AvgIpc) is 3.02. The van der Waals surface area contributed by atoms with Crippen molar-refractivity contribution >= 4 is 43.5 Å². The smallest absolute Gasteiger partial charge is 0.264 e. The van der Waals surface area contributed by atoms with Gasteiger partial charge in [-0.05, 0) is 65.6 Å². The van der Waals surface area contributed by atoms with Crippen molar-refractivity contribution in [2.24, 2.45) is 5.92 Å². The molecular formula is C34H35BrFN3O4S. The molecule has 0 aliphatic rings. The van der Waals surface area contributed by atoms with Gasteiger partial charge in [0.2, 0.25) is 11.8 Å². The Hall–Kier alpha value is -4.02. The summed E-state index contributed by atoms with van der Waals surface area (Å²) in [7, 11) is -4.29. The Balaban J connectivity index is 1.77. The number of amides is 2. The molecule has 0 spiro atoms. The zero-order valence-corrected chi connectivity index (χ0v) is 27.0. The molecule has 0 fully saturated rings. The minimum atomic E-state index is -4.29. The molecule has 230 valence electrons. The number of sulfonamides is 1. The van der Waals surface area contributed by atoms with Gasteiger partial charge in [-0.25, -0.2) is 12.8 Å². The van der Waals surface area contributed by atoms with Crippen LogP contribution in [0.5, 0.6) is 0 Å². The highest BCUT2D eigenvalue weighted by molar-refractivity contribution is 9.10. The third-order valence-corrected chi connectivity index (χ3v) is 9.26. The van der Waals surface area contributed by atoms with Crippen LogP contribution in [-0.2, 0) is 32.6 Å². The van der Waals surface area contributed by atoms with Crippen LogP contribution in [0, 0.1) is 11.7 Å². The van der Waals surface area contributed by atoms with Gasteiger partial charge in [0.05, 0.1) is 10.6 Å². The van der Waals surface area contributed by atoms with Crippen molar-refractivity contribution in [2.75, 3.05) is 17.4 Å². The molecule has 0 aliphatic heterocycles. The number of nitrogens with zero attached hydrogens (tertiary/aromatic N) is 2. The number of hydrogen-bond acceptors (Lipinski definition) is 4. The molecule has 0 saturated carbocycles. The van der Waals surface area contributed by atoms with Crippen LogP contribution in [0.25, 0.3) is 0 Å². The summed E-state index contributed by atoms with van der Waals surface area (Å²) in [5.74, 6) is -1.30. The first-order valence-corrected chi connectivity index (χ1v) is 16.5. The summed E-state index contributed by atoms with van der Waals surface area (Å²) in [6.07, 6.45) is 0.225. The van der Waals surface area contributed by atoms with Gasteiger partial charge in [0.1, 0.15) is 18.4 Å². The number of rotatable bonds is 13. The second-order valence-electron chi connectivity index (χ2n) is 10.8. The fourth-order valence-electron chi connectivity index (χ4n) is 4.62.